The monoisotopic (exact) mass is 498 g/mol. The van der Waals surface area contributed by atoms with Crippen LogP contribution in [0.15, 0.2) is 77.7 Å². The third kappa shape index (κ3) is 5.68. The lowest BCUT2D eigenvalue weighted by molar-refractivity contribution is -0.139. The zero-order valence-electron chi connectivity index (χ0n) is 18.2. The summed E-state index contributed by atoms with van der Waals surface area (Å²) >= 11 is 1.53. The van der Waals surface area contributed by atoms with Gasteiger partial charge in [0.25, 0.3) is 10.0 Å². The van der Waals surface area contributed by atoms with Crippen LogP contribution in [0.1, 0.15) is 11.1 Å². The number of benzene rings is 2. The summed E-state index contributed by atoms with van der Waals surface area (Å²) in [6.07, 6.45) is 4.64. The number of ether oxygens (including phenoxy) is 1. The van der Waals surface area contributed by atoms with Crippen LogP contribution in [0.4, 0.5) is 0 Å². The van der Waals surface area contributed by atoms with E-state index in [1.807, 2.05) is 29.6 Å². The van der Waals surface area contributed by atoms with E-state index in [1.54, 1.807) is 42.1 Å². The fourth-order valence-corrected chi connectivity index (χ4v) is 5.31. The molecule has 2 heterocycles. The molecule has 0 spiro atoms. The summed E-state index contributed by atoms with van der Waals surface area (Å²) in [5.41, 5.74) is 2.42. The lowest BCUT2D eigenvalue weighted by Gasteiger charge is -2.22. The van der Waals surface area contributed by atoms with Gasteiger partial charge in [0, 0.05) is 43.5 Å². The molecule has 0 bridgehead atoms. The Morgan fingerprint density at radius 3 is 2.53 bits per heavy atom. The summed E-state index contributed by atoms with van der Waals surface area (Å²) in [5, 5.41) is 11.6. The molecule has 1 N–H and O–H groups in total. The van der Waals surface area contributed by atoms with Crippen molar-refractivity contribution in [1.29, 1.82) is 0 Å². The SMILES string of the molecule is Cn1cnc(S(=O)(=O)N(Cc2ccc(-c3nccs3)cc2)Cc2cccc(OCC(=O)O)c2)c1. The van der Waals surface area contributed by atoms with Gasteiger partial charge in [0.05, 0.1) is 6.33 Å². The Kier molecular flexibility index (Phi) is 7.06. The minimum atomic E-state index is -3.91. The first-order chi connectivity index (χ1) is 16.3. The Bertz CT molecular complexity index is 1370. The van der Waals surface area contributed by atoms with Gasteiger partial charge in [-0.25, -0.2) is 23.2 Å². The molecule has 0 amide bonds. The molecule has 176 valence electrons. The van der Waals surface area contributed by atoms with Crippen LogP contribution in [0, 0.1) is 0 Å². The van der Waals surface area contributed by atoms with Crippen LogP contribution < -0.4 is 4.74 Å². The average Bonchev–Trinajstić information content (AvgIpc) is 3.50. The number of hydrogen-bond acceptors (Lipinski definition) is 7. The molecule has 0 radical (unpaired) electrons. The molecule has 0 fully saturated rings. The molecule has 0 unspecified atom stereocenters. The van der Waals surface area contributed by atoms with Crippen LogP contribution in [0.3, 0.4) is 0 Å². The number of carboxylic acids is 1. The molecule has 0 aliphatic rings. The van der Waals surface area contributed by atoms with Crippen LogP contribution in [0.2, 0.25) is 0 Å². The minimum absolute atomic E-state index is 0.0484. The van der Waals surface area contributed by atoms with Crippen molar-refractivity contribution in [2.45, 2.75) is 18.1 Å². The van der Waals surface area contributed by atoms with Gasteiger partial charge in [0.2, 0.25) is 0 Å². The van der Waals surface area contributed by atoms with Gasteiger partial charge >= 0.3 is 5.97 Å². The van der Waals surface area contributed by atoms with Crippen LogP contribution in [0.25, 0.3) is 10.6 Å². The summed E-state index contributed by atoms with van der Waals surface area (Å²) in [4.78, 5) is 19.1. The summed E-state index contributed by atoms with van der Waals surface area (Å²) in [5.74, 6) is -0.742. The lowest BCUT2D eigenvalue weighted by atomic mass is 10.1. The highest BCUT2D eigenvalue weighted by Gasteiger charge is 2.27. The van der Waals surface area contributed by atoms with E-state index < -0.39 is 22.6 Å². The third-order valence-corrected chi connectivity index (χ3v) is 7.40. The molecular formula is C23H22N4O5S2. The number of thiazole rings is 1. The van der Waals surface area contributed by atoms with Crippen LogP contribution in [0.5, 0.6) is 5.75 Å². The van der Waals surface area contributed by atoms with E-state index in [9.17, 15) is 13.2 Å². The molecule has 2 aromatic heterocycles. The Balaban J connectivity index is 1.61. The van der Waals surface area contributed by atoms with Crippen molar-refractivity contribution in [3.8, 4) is 16.3 Å². The number of nitrogens with zero attached hydrogens (tertiary/aromatic N) is 4. The fraction of sp³-hybridized carbons (Fsp3) is 0.174. The second-order valence-electron chi connectivity index (χ2n) is 7.51. The van der Waals surface area contributed by atoms with Crippen LogP contribution in [-0.2, 0) is 35.0 Å². The maximum Gasteiger partial charge on any atom is 0.341 e. The molecule has 0 atom stereocenters. The zero-order chi connectivity index (χ0) is 24.1. The summed E-state index contributed by atoms with van der Waals surface area (Å²) in [6, 6.07) is 14.3. The highest BCUT2D eigenvalue weighted by atomic mass is 32.2. The van der Waals surface area contributed by atoms with Crippen molar-refractivity contribution in [3.05, 3.63) is 83.8 Å². The summed E-state index contributed by atoms with van der Waals surface area (Å²) in [6.45, 7) is -0.306. The van der Waals surface area contributed by atoms with Crippen molar-refractivity contribution < 1.29 is 23.1 Å². The highest BCUT2D eigenvalue weighted by Crippen LogP contribution is 2.25. The van der Waals surface area contributed by atoms with Gasteiger partial charge in [-0.05, 0) is 23.3 Å². The standard InChI is InChI=1S/C23H22N4O5S2/c1-26-14-21(25-16-26)34(30,31)27(13-18-3-2-4-20(11-18)32-15-22(28)29)12-17-5-7-19(8-6-17)23-24-9-10-33-23/h2-11,14,16H,12-13,15H2,1H3,(H,28,29). The molecule has 9 nitrogen and oxygen atoms in total. The fourth-order valence-electron chi connectivity index (χ4n) is 3.28. The minimum Gasteiger partial charge on any atom is -0.482 e. The number of carbonyl (C=O) groups is 1. The number of sulfonamides is 1. The number of carboxylic acid groups (broad SMARTS) is 1. The van der Waals surface area contributed by atoms with Crippen molar-refractivity contribution in [3.63, 3.8) is 0 Å². The molecule has 0 saturated heterocycles. The average molecular weight is 499 g/mol. The Morgan fingerprint density at radius 2 is 1.88 bits per heavy atom. The smallest absolute Gasteiger partial charge is 0.341 e. The quantitative estimate of drug-likeness (QED) is 0.356. The van der Waals surface area contributed by atoms with E-state index in [1.165, 1.54) is 28.2 Å². The molecule has 34 heavy (non-hydrogen) atoms. The zero-order valence-corrected chi connectivity index (χ0v) is 19.9. The first-order valence-corrected chi connectivity index (χ1v) is 12.5. The second kappa shape index (κ2) is 10.2. The van der Waals surface area contributed by atoms with Gasteiger partial charge < -0.3 is 14.4 Å². The second-order valence-corrected chi connectivity index (χ2v) is 10.3. The lowest BCUT2D eigenvalue weighted by Crippen LogP contribution is -2.30. The molecular weight excluding hydrogens is 476 g/mol. The third-order valence-electron chi connectivity index (χ3n) is 4.90. The number of imidazole rings is 1. The van der Waals surface area contributed by atoms with Crippen molar-refractivity contribution in [2.24, 2.45) is 7.05 Å². The molecule has 0 saturated carbocycles. The van der Waals surface area contributed by atoms with Crippen molar-refractivity contribution >= 4 is 27.3 Å². The molecule has 0 aliphatic carbocycles. The van der Waals surface area contributed by atoms with E-state index in [4.69, 9.17) is 9.84 Å². The van der Waals surface area contributed by atoms with Gasteiger partial charge in [-0.15, -0.1) is 11.3 Å². The number of hydrogen-bond donors (Lipinski definition) is 1. The number of aliphatic carboxylic acids is 1. The topological polar surface area (TPSA) is 115 Å². The first kappa shape index (κ1) is 23.6. The van der Waals surface area contributed by atoms with Gasteiger partial charge in [-0.2, -0.15) is 4.31 Å². The summed E-state index contributed by atoms with van der Waals surface area (Å²) < 4.78 is 35.0. The first-order valence-electron chi connectivity index (χ1n) is 10.2. The Labute approximate surface area is 201 Å². The van der Waals surface area contributed by atoms with E-state index >= 15 is 0 Å². The Hall–Kier alpha value is -3.54. The van der Waals surface area contributed by atoms with Crippen molar-refractivity contribution in [1.82, 2.24) is 18.8 Å². The number of rotatable bonds is 10. The van der Waals surface area contributed by atoms with Gasteiger partial charge in [-0.1, -0.05) is 36.4 Å². The molecule has 11 heteroatoms. The van der Waals surface area contributed by atoms with Crippen LogP contribution in [-0.4, -0.2) is 44.9 Å². The number of aromatic nitrogens is 3. The van der Waals surface area contributed by atoms with E-state index in [2.05, 4.69) is 9.97 Å². The van der Waals surface area contributed by atoms with E-state index in [-0.39, 0.29) is 18.1 Å². The largest absolute Gasteiger partial charge is 0.482 e. The normalized spacial score (nSPS) is 11.6. The van der Waals surface area contributed by atoms with Crippen molar-refractivity contribution in [2.75, 3.05) is 6.61 Å². The maximum atomic E-state index is 13.4. The van der Waals surface area contributed by atoms with Gasteiger partial charge in [0.1, 0.15) is 10.8 Å². The maximum absolute atomic E-state index is 13.4. The van der Waals surface area contributed by atoms with Gasteiger partial charge in [-0.3, -0.25) is 0 Å². The molecule has 4 aromatic rings. The van der Waals surface area contributed by atoms with Crippen LogP contribution >= 0.6 is 11.3 Å². The molecule has 4 rings (SSSR count). The van der Waals surface area contributed by atoms with E-state index in [0.29, 0.717) is 11.3 Å². The molecule has 2 aromatic carbocycles. The highest BCUT2D eigenvalue weighted by molar-refractivity contribution is 7.89. The number of aryl methyl sites for hydroxylation is 1. The van der Waals surface area contributed by atoms with Gasteiger partial charge in [0.15, 0.2) is 11.6 Å². The van der Waals surface area contributed by atoms with E-state index in [0.717, 1.165) is 16.1 Å². The molecule has 0 aliphatic heterocycles. The predicted octanol–water partition coefficient (Wildman–Crippen LogP) is 3.40. The predicted molar refractivity (Wildman–Crippen MR) is 127 cm³/mol. The Morgan fingerprint density at radius 1 is 1.12 bits per heavy atom. The summed E-state index contributed by atoms with van der Waals surface area (Å²) in [7, 11) is -2.21.